The van der Waals surface area contributed by atoms with Crippen LogP contribution in [0.15, 0.2) is 18.2 Å². The number of rotatable bonds is 5. The summed E-state index contributed by atoms with van der Waals surface area (Å²) >= 11 is 0. The molecule has 0 unspecified atom stereocenters. The van der Waals surface area contributed by atoms with Crippen LogP contribution in [0.2, 0.25) is 0 Å². The third-order valence-electron chi connectivity index (χ3n) is 3.34. The van der Waals surface area contributed by atoms with Crippen LogP contribution in [0.25, 0.3) is 10.9 Å². The molecule has 1 heterocycles. The van der Waals surface area contributed by atoms with Crippen molar-refractivity contribution in [1.29, 1.82) is 0 Å². The second-order valence-electron chi connectivity index (χ2n) is 5.10. The second kappa shape index (κ2) is 5.96. The smallest absolute Gasteiger partial charge is 0.268 e. The van der Waals surface area contributed by atoms with E-state index in [9.17, 15) is 4.79 Å². The quantitative estimate of drug-likeness (QED) is 0.874. The van der Waals surface area contributed by atoms with Gasteiger partial charge < -0.3 is 19.9 Å². The number of hydrogen-bond acceptors (Lipinski definition) is 3. The van der Waals surface area contributed by atoms with Crippen LogP contribution < -0.4 is 10.1 Å². The Morgan fingerprint density at radius 3 is 2.80 bits per heavy atom. The molecule has 5 nitrogen and oxygen atoms in total. The summed E-state index contributed by atoms with van der Waals surface area (Å²) in [6.45, 7) is 3.39. The molecule has 1 amide bonds. The van der Waals surface area contributed by atoms with E-state index in [-0.39, 0.29) is 5.91 Å². The summed E-state index contributed by atoms with van der Waals surface area (Å²) in [6.07, 6.45) is 0. The number of carbonyl (C=O) groups is 1. The van der Waals surface area contributed by atoms with Crippen LogP contribution in [-0.4, -0.2) is 50.1 Å². The van der Waals surface area contributed by atoms with Crippen LogP contribution in [0.4, 0.5) is 0 Å². The van der Waals surface area contributed by atoms with E-state index in [0.717, 1.165) is 28.8 Å². The van der Waals surface area contributed by atoms with Gasteiger partial charge in [-0.1, -0.05) is 0 Å². The number of nitrogens with one attached hydrogen (secondary N) is 2. The summed E-state index contributed by atoms with van der Waals surface area (Å²) in [5, 5.41) is 3.93. The molecule has 0 atom stereocenters. The molecule has 108 valence electrons. The lowest BCUT2D eigenvalue weighted by molar-refractivity contribution is 0.0946. The lowest BCUT2D eigenvalue weighted by atomic mass is 10.1. The minimum atomic E-state index is -0.0699. The van der Waals surface area contributed by atoms with Gasteiger partial charge >= 0.3 is 0 Å². The fourth-order valence-corrected chi connectivity index (χ4v) is 2.14. The Kier molecular flexibility index (Phi) is 4.29. The average molecular weight is 275 g/mol. The molecule has 5 heteroatoms. The van der Waals surface area contributed by atoms with Crippen LogP contribution in [0.5, 0.6) is 5.75 Å². The topological polar surface area (TPSA) is 57.4 Å². The number of likely N-dealkylation sites (N-methyl/N-ethyl adjacent to an activating group) is 1. The van der Waals surface area contributed by atoms with Gasteiger partial charge in [0.2, 0.25) is 0 Å². The first-order chi connectivity index (χ1) is 9.52. The van der Waals surface area contributed by atoms with Crippen LogP contribution in [-0.2, 0) is 0 Å². The van der Waals surface area contributed by atoms with E-state index < -0.39 is 0 Å². The highest BCUT2D eigenvalue weighted by Crippen LogP contribution is 2.25. The van der Waals surface area contributed by atoms with Gasteiger partial charge in [-0.05, 0) is 44.8 Å². The van der Waals surface area contributed by atoms with Crippen molar-refractivity contribution in [1.82, 2.24) is 15.2 Å². The minimum absolute atomic E-state index is 0.0699. The molecule has 1 aromatic carbocycles. The number of benzene rings is 1. The summed E-state index contributed by atoms with van der Waals surface area (Å²) in [7, 11) is 5.59. The standard InChI is InChI=1S/C15H21N3O2/c1-10-12-9-11(20-4)5-6-13(12)17-14(10)15(19)16-7-8-18(2)3/h5-6,9,17H,7-8H2,1-4H3,(H,16,19). The number of aromatic amines is 1. The van der Waals surface area contributed by atoms with Crippen molar-refractivity contribution in [3.8, 4) is 5.75 Å². The van der Waals surface area contributed by atoms with Crippen molar-refractivity contribution in [2.24, 2.45) is 0 Å². The SMILES string of the molecule is COc1ccc2[nH]c(C(=O)NCCN(C)C)c(C)c2c1. The van der Waals surface area contributed by atoms with E-state index in [1.165, 1.54) is 0 Å². The monoisotopic (exact) mass is 275 g/mol. The Balaban J connectivity index is 2.21. The first-order valence-corrected chi connectivity index (χ1v) is 6.62. The average Bonchev–Trinajstić information content (AvgIpc) is 2.75. The Hall–Kier alpha value is -2.01. The Labute approximate surface area is 118 Å². The summed E-state index contributed by atoms with van der Waals surface area (Å²) in [6, 6.07) is 5.75. The molecule has 2 rings (SSSR count). The number of aryl methyl sites for hydroxylation is 1. The van der Waals surface area contributed by atoms with E-state index in [1.807, 2.05) is 44.1 Å². The van der Waals surface area contributed by atoms with E-state index in [0.29, 0.717) is 12.2 Å². The van der Waals surface area contributed by atoms with Crippen molar-refractivity contribution in [3.63, 3.8) is 0 Å². The highest BCUT2D eigenvalue weighted by atomic mass is 16.5. The molecule has 20 heavy (non-hydrogen) atoms. The zero-order chi connectivity index (χ0) is 14.7. The number of amides is 1. The zero-order valence-corrected chi connectivity index (χ0v) is 12.4. The van der Waals surface area contributed by atoms with Crippen molar-refractivity contribution in [2.45, 2.75) is 6.92 Å². The van der Waals surface area contributed by atoms with Crippen LogP contribution in [0, 0.1) is 6.92 Å². The number of methoxy groups -OCH3 is 1. The predicted molar refractivity (Wildman–Crippen MR) is 80.5 cm³/mol. The Bertz CT molecular complexity index is 617. The summed E-state index contributed by atoms with van der Waals surface area (Å²) in [5.41, 5.74) is 2.51. The maximum atomic E-state index is 12.2. The number of fused-ring (bicyclic) bond motifs is 1. The fraction of sp³-hybridized carbons (Fsp3) is 0.400. The largest absolute Gasteiger partial charge is 0.497 e. The van der Waals surface area contributed by atoms with Gasteiger partial charge in [-0.25, -0.2) is 0 Å². The fourth-order valence-electron chi connectivity index (χ4n) is 2.14. The van der Waals surface area contributed by atoms with Gasteiger partial charge in [0.15, 0.2) is 0 Å². The van der Waals surface area contributed by atoms with Crippen LogP contribution in [0.3, 0.4) is 0 Å². The van der Waals surface area contributed by atoms with Gasteiger partial charge in [-0.2, -0.15) is 0 Å². The van der Waals surface area contributed by atoms with Crippen molar-refractivity contribution in [3.05, 3.63) is 29.5 Å². The molecule has 0 aliphatic carbocycles. The summed E-state index contributed by atoms with van der Waals surface area (Å²) in [5.74, 6) is 0.721. The second-order valence-corrected chi connectivity index (χ2v) is 5.10. The first-order valence-electron chi connectivity index (χ1n) is 6.62. The lowest BCUT2D eigenvalue weighted by Gasteiger charge is -2.10. The van der Waals surface area contributed by atoms with E-state index in [2.05, 4.69) is 10.3 Å². The van der Waals surface area contributed by atoms with Crippen LogP contribution in [0.1, 0.15) is 16.1 Å². The van der Waals surface area contributed by atoms with Crippen molar-refractivity contribution < 1.29 is 9.53 Å². The molecule has 0 radical (unpaired) electrons. The summed E-state index contributed by atoms with van der Waals surface area (Å²) < 4.78 is 5.22. The van der Waals surface area contributed by atoms with E-state index in [1.54, 1.807) is 7.11 Å². The highest BCUT2D eigenvalue weighted by molar-refractivity contribution is 6.01. The van der Waals surface area contributed by atoms with Crippen molar-refractivity contribution >= 4 is 16.8 Å². The number of aromatic nitrogens is 1. The normalized spacial score (nSPS) is 11.1. The number of nitrogens with zero attached hydrogens (tertiary/aromatic N) is 1. The molecule has 1 aromatic heterocycles. The molecule has 2 N–H and O–H groups in total. The van der Waals surface area contributed by atoms with Gasteiger partial charge in [0.25, 0.3) is 5.91 Å². The number of ether oxygens (including phenoxy) is 1. The first kappa shape index (κ1) is 14.4. The molecule has 2 aromatic rings. The van der Waals surface area contributed by atoms with Gasteiger partial charge in [-0.15, -0.1) is 0 Å². The van der Waals surface area contributed by atoms with Gasteiger partial charge in [-0.3, -0.25) is 4.79 Å². The van der Waals surface area contributed by atoms with Crippen molar-refractivity contribution in [2.75, 3.05) is 34.3 Å². The Morgan fingerprint density at radius 1 is 1.40 bits per heavy atom. The molecular formula is C15H21N3O2. The highest BCUT2D eigenvalue weighted by Gasteiger charge is 2.14. The van der Waals surface area contributed by atoms with Gasteiger partial charge in [0.05, 0.1) is 7.11 Å². The molecule has 0 saturated carbocycles. The van der Waals surface area contributed by atoms with E-state index in [4.69, 9.17) is 4.74 Å². The van der Waals surface area contributed by atoms with Crippen LogP contribution >= 0.6 is 0 Å². The molecular weight excluding hydrogens is 254 g/mol. The molecule has 0 spiro atoms. The maximum Gasteiger partial charge on any atom is 0.268 e. The molecule has 0 saturated heterocycles. The third kappa shape index (κ3) is 2.93. The minimum Gasteiger partial charge on any atom is -0.497 e. The summed E-state index contributed by atoms with van der Waals surface area (Å²) in [4.78, 5) is 17.4. The third-order valence-corrected chi connectivity index (χ3v) is 3.34. The zero-order valence-electron chi connectivity index (χ0n) is 12.4. The van der Waals surface area contributed by atoms with Gasteiger partial charge in [0, 0.05) is 24.0 Å². The predicted octanol–water partition coefficient (Wildman–Crippen LogP) is 1.78. The van der Waals surface area contributed by atoms with Gasteiger partial charge in [0.1, 0.15) is 11.4 Å². The molecule has 0 aliphatic rings. The number of carbonyl (C=O) groups excluding carboxylic acids is 1. The number of hydrogen-bond donors (Lipinski definition) is 2. The molecule has 0 bridgehead atoms. The Morgan fingerprint density at radius 2 is 2.15 bits per heavy atom. The molecule has 0 aliphatic heterocycles. The maximum absolute atomic E-state index is 12.2. The van der Waals surface area contributed by atoms with E-state index >= 15 is 0 Å². The lowest BCUT2D eigenvalue weighted by Crippen LogP contribution is -2.31. The molecule has 0 fully saturated rings. The number of H-pyrrole nitrogens is 1.